The molecule has 0 spiro atoms. The minimum Gasteiger partial charge on any atom is -0.481 e. The Morgan fingerprint density at radius 3 is 1.90 bits per heavy atom. The number of hydrogen-bond acceptors (Lipinski definition) is 2. The number of carboxylic acids is 2. The Morgan fingerprint density at radius 2 is 1.48 bits per heavy atom. The van der Waals surface area contributed by atoms with E-state index < -0.39 is 23.8 Å². The third-order valence-corrected chi connectivity index (χ3v) is 3.88. The van der Waals surface area contributed by atoms with Crippen molar-refractivity contribution in [2.24, 2.45) is 11.8 Å². The maximum atomic E-state index is 11.1. The molecule has 2 atom stereocenters. The number of rotatable bonds is 12. The van der Waals surface area contributed by atoms with Crippen LogP contribution in [-0.4, -0.2) is 22.2 Å². The van der Waals surface area contributed by atoms with Crippen LogP contribution in [0.3, 0.4) is 0 Å². The second-order valence-electron chi connectivity index (χ2n) is 5.45. The first-order valence-electron chi connectivity index (χ1n) is 7.72. The van der Waals surface area contributed by atoms with Gasteiger partial charge < -0.3 is 10.2 Å². The highest BCUT2D eigenvalue weighted by Crippen LogP contribution is 2.23. The minimum absolute atomic E-state index is 0.289. The van der Waals surface area contributed by atoms with Crippen LogP contribution in [0.15, 0.2) is 11.1 Å². The van der Waals surface area contributed by atoms with E-state index in [-0.39, 0.29) is 6.42 Å². The molecular formula is C16H27ClO4. The van der Waals surface area contributed by atoms with Crippen molar-refractivity contribution in [3.05, 3.63) is 11.1 Å². The summed E-state index contributed by atoms with van der Waals surface area (Å²) in [4.78, 5) is 22.3. The van der Waals surface area contributed by atoms with Crippen molar-refractivity contribution < 1.29 is 19.8 Å². The quantitative estimate of drug-likeness (QED) is 0.548. The van der Waals surface area contributed by atoms with E-state index in [0.29, 0.717) is 24.3 Å². The summed E-state index contributed by atoms with van der Waals surface area (Å²) in [6.45, 7) is 4.04. The number of unbranched alkanes of at least 4 members (excludes halogenated alkanes) is 2. The lowest BCUT2D eigenvalue weighted by Crippen LogP contribution is -2.14. The van der Waals surface area contributed by atoms with Crippen LogP contribution in [0, 0.1) is 11.8 Å². The summed E-state index contributed by atoms with van der Waals surface area (Å²) in [7, 11) is 0. The molecule has 5 heteroatoms. The van der Waals surface area contributed by atoms with Gasteiger partial charge in [0.1, 0.15) is 0 Å². The van der Waals surface area contributed by atoms with Crippen LogP contribution in [0.5, 0.6) is 0 Å². The molecule has 0 rings (SSSR count). The molecule has 0 amide bonds. The summed E-state index contributed by atoms with van der Waals surface area (Å²) in [6.07, 6.45) is 7.20. The largest absolute Gasteiger partial charge is 0.481 e. The molecule has 0 aliphatic heterocycles. The fourth-order valence-corrected chi connectivity index (χ4v) is 2.42. The van der Waals surface area contributed by atoms with E-state index in [1.54, 1.807) is 6.08 Å². The van der Waals surface area contributed by atoms with Gasteiger partial charge in [0.15, 0.2) is 0 Å². The van der Waals surface area contributed by atoms with Gasteiger partial charge in [-0.3, -0.25) is 9.59 Å². The number of halogens is 1. The first kappa shape index (κ1) is 20.0. The van der Waals surface area contributed by atoms with Crippen molar-refractivity contribution in [1.29, 1.82) is 0 Å². The van der Waals surface area contributed by atoms with Gasteiger partial charge in [0.25, 0.3) is 0 Å². The Hall–Kier alpha value is -1.03. The Bertz CT molecular complexity index is 352. The molecule has 0 aliphatic rings. The van der Waals surface area contributed by atoms with Crippen LogP contribution in [0.25, 0.3) is 0 Å². The molecule has 0 aliphatic carbocycles. The predicted octanol–water partition coefficient (Wildman–Crippen LogP) is 4.67. The monoisotopic (exact) mass is 318 g/mol. The molecule has 0 fully saturated rings. The van der Waals surface area contributed by atoms with Crippen LogP contribution in [0.4, 0.5) is 0 Å². The zero-order valence-corrected chi connectivity index (χ0v) is 13.7. The summed E-state index contributed by atoms with van der Waals surface area (Å²) < 4.78 is 0. The van der Waals surface area contributed by atoms with Gasteiger partial charge in [-0.15, -0.1) is 0 Å². The molecule has 2 N–H and O–H groups in total. The van der Waals surface area contributed by atoms with Crippen molar-refractivity contribution in [1.82, 2.24) is 0 Å². The smallest absolute Gasteiger partial charge is 0.306 e. The Morgan fingerprint density at radius 1 is 1.00 bits per heavy atom. The van der Waals surface area contributed by atoms with Crippen molar-refractivity contribution in [2.45, 2.75) is 65.2 Å². The molecule has 0 saturated heterocycles. The zero-order valence-electron chi connectivity index (χ0n) is 13.0. The van der Waals surface area contributed by atoms with Crippen LogP contribution < -0.4 is 0 Å². The van der Waals surface area contributed by atoms with Gasteiger partial charge in [0.05, 0.1) is 11.8 Å². The van der Waals surface area contributed by atoms with E-state index in [2.05, 4.69) is 0 Å². The van der Waals surface area contributed by atoms with Crippen LogP contribution in [0.2, 0.25) is 0 Å². The number of aliphatic carboxylic acids is 2. The lowest BCUT2D eigenvalue weighted by atomic mass is 9.95. The highest BCUT2D eigenvalue weighted by molar-refractivity contribution is 6.29. The summed E-state index contributed by atoms with van der Waals surface area (Å²) in [5.41, 5.74) is 0. The first-order valence-corrected chi connectivity index (χ1v) is 8.10. The average Bonchev–Trinajstić information content (AvgIpc) is 2.42. The normalized spacial score (nSPS) is 14.7. The van der Waals surface area contributed by atoms with Gasteiger partial charge in [-0.25, -0.2) is 0 Å². The number of hydrogen-bond donors (Lipinski definition) is 2. The molecule has 0 radical (unpaired) electrons. The second kappa shape index (κ2) is 11.6. The molecular weight excluding hydrogens is 292 g/mol. The number of carbonyl (C=O) groups is 2. The molecule has 0 saturated carbocycles. The SMILES string of the molecule is CCCCC(CC=C(Cl)CC(CCCC)C(=O)O)C(=O)O. The van der Waals surface area contributed by atoms with Gasteiger partial charge >= 0.3 is 11.9 Å². The van der Waals surface area contributed by atoms with Gasteiger partial charge in [0, 0.05) is 5.03 Å². The first-order chi connectivity index (χ1) is 9.92. The van der Waals surface area contributed by atoms with E-state index in [1.165, 1.54) is 0 Å². The predicted molar refractivity (Wildman–Crippen MR) is 84.5 cm³/mol. The molecule has 21 heavy (non-hydrogen) atoms. The Kier molecular flexibility index (Phi) is 11.0. The van der Waals surface area contributed by atoms with E-state index >= 15 is 0 Å². The maximum absolute atomic E-state index is 11.1. The standard InChI is InChI=1S/C16H27ClO4/c1-3-5-7-12(15(18)19)9-10-14(17)11-13(16(20)21)8-6-4-2/h10,12-13H,3-9,11H2,1-2H3,(H,18,19)(H,20,21). The van der Waals surface area contributed by atoms with Gasteiger partial charge in [0.2, 0.25) is 0 Å². The summed E-state index contributed by atoms with van der Waals surface area (Å²) >= 11 is 6.09. The van der Waals surface area contributed by atoms with Crippen molar-refractivity contribution in [2.75, 3.05) is 0 Å². The molecule has 0 bridgehead atoms. The topological polar surface area (TPSA) is 74.6 Å². The van der Waals surface area contributed by atoms with Crippen LogP contribution >= 0.6 is 11.6 Å². The number of carboxylic acid groups (broad SMARTS) is 2. The van der Waals surface area contributed by atoms with Crippen molar-refractivity contribution in [3.63, 3.8) is 0 Å². The van der Waals surface area contributed by atoms with Gasteiger partial charge in [-0.05, 0) is 25.7 Å². The Balaban J connectivity index is 4.47. The molecule has 4 nitrogen and oxygen atoms in total. The summed E-state index contributed by atoms with van der Waals surface area (Å²) in [6, 6.07) is 0. The molecule has 0 aromatic heterocycles. The summed E-state index contributed by atoms with van der Waals surface area (Å²) in [5, 5.41) is 18.7. The van der Waals surface area contributed by atoms with Crippen LogP contribution in [0.1, 0.15) is 65.2 Å². The molecule has 0 heterocycles. The van der Waals surface area contributed by atoms with Crippen LogP contribution in [-0.2, 0) is 9.59 Å². The fraction of sp³-hybridized carbons (Fsp3) is 0.750. The maximum Gasteiger partial charge on any atom is 0.306 e. The second-order valence-corrected chi connectivity index (χ2v) is 5.93. The van der Waals surface area contributed by atoms with Crippen molar-refractivity contribution in [3.8, 4) is 0 Å². The Labute approximate surface area is 132 Å². The highest BCUT2D eigenvalue weighted by atomic mass is 35.5. The summed E-state index contributed by atoms with van der Waals surface area (Å²) in [5.74, 6) is -2.56. The van der Waals surface area contributed by atoms with Gasteiger partial charge in [-0.2, -0.15) is 0 Å². The van der Waals surface area contributed by atoms with E-state index in [1.807, 2.05) is 13.8 Å². The molecule has 2 unspecified atom stereocenters. The third kappa shape index (κ3) is 9.51. The third-order valence-electron chi connectivity index (χ3n) is 3.58. The lowest BCUT2D eigenvalue weighted by molar-refractivity contribution is -0.143. The minimum atomic E-state index is -0.837. The average molecular weight is 319 g/mol. The molecule has 122 valence electrons. The van der Waals surface area contributed by atoms with E-state index in [4.69, 9.17) is 21.8 Å². The van der Waals surface area contributed by atoms with E-state index in [9.17, 15) is 9.59 Å². The van der Waals surface area contributed by atoms with E-state index in [0.717, 1.165) is 25.7 Å². The lowest BCUT2D eigenvalue weighted by Gasteiger charge is -2.12. The molecule has 0 aromatic rings. The molecule has 0 aromatic carbocycles. The fourth-order valence-electron chi connectivity index (χ4n) is 2.14. The number of allylic oxidation sites excluding steroid dienone is 2. The van der Waals surface area contributed by atoms with Crippen molar-refractivity contribution >= 4 is 23.5 Å². The zero-order chi connectivity index (χ0) is 16.3. The van der Waals surface area contributed by atoms with Gasteiger partial charge in [-0.1, -0.05) is 57.2 Å². The highest BCUT2D eigenvalue weighted by Gasteiger charge is 2.19.